The van der Waals surface area contributed by atoms with Gasteiger partial charge in [0.2, 0.25) is 0 Å². The van der Waals surface area contributed by atoms with Gasteiger partial charge in [0, 0.05) is 0 Å². The fourth-order valence-electron chi connectivity index (χ4n) is 1.38. The number of hydrogen-bond donors (Lipinski definition) is 1. The quantitative estimate of drug-likeness (QED) is 0.431. The molecular formula is C11H17N2O+. The van der Waals surface area contributed by atoms with Crippen LogP contribution in [0, 0.1) is 0 Å². The Balaban J connectivity index is 2.74. The zero-order valence-electron chi connectivity index (χ0n) is 8.95. The van der Waals surface area contributed by atoms with E-state index < -0.39 is 0 Å². The minimum absolute atomic E-state index is 0.772. The molecule has 0 aliphatic heterocycles. The molecule has 1 aromatic rings. The highest BCUT2D eigenvalue weighted by molar-refractivity contribution is 5.67. The number of ether oxygens (including phenoxy) is 1. The van der Waals surface area contributed by atoms with Gasteiger partial charge >= 0.3 is 6.02 Å². The molecule has 0 saturated heterocycles. The molecule has 0 unspecified atom stereocenters. The third-order valence-corrected chi connectivity index (χ3v) is 2.02. The summed E-state index contributed by atoms with van der Waals surface area (Å²) in [7, 11) is 5.50. The molecule has 0 aromatic heterocycles. The fraction of sp³-hybridized carbons (Fsp3) is 0.364. The first-order valence-electron chi connectivity index (χ1n) is 4.61. The zero-order chi connectivity index (χ0) is 10.4. The minimum atomic E-state index is 0.772. The Hall–Kier alpha value is -1.51. The minimum Gasteiger partial charge on any atom is -0.435 e. The molecule has 0 heterocycles. The molecule has 3 heteroatoms. The molecule has 0 radical (unpaired) electrons. The van der Waals surface area contributed by atoms with E-state index in [1.54, 1.807) is 7.11 Å². The van der Waals surface area contributed by atoms with E-state index >= 15 is 0 Å². The predicted molar refractivity (Wildman–Crippen MR) is 57.4 cm³/mol. The van der Waals surface area contributed by atoms with Gasteiger partial charge in [-0.2, -0.15) is 0 Å². The average Bonchev–Trinajstić information content (AvgIpc) is 2.21. The number of rotatable bonds is 2. The third-order valence-electron chi connectivity index (χ3n) is 2.02. The Kier molecular flexibility index (Phi) is 3.98. The smallest absolute Gasteiger partial charge is 0.435 e. The molecule has 0 aliphatic rings. The van der Waals surface area contributed by atoms with Crippen LogP contribution in [0.1, 0.15) is 5.56 Å². The topological polar surface area (TPSA) is 24.3 Å². The number of nitrogens with one attached hydrogen (secondary N) is 1. The van der Waals surface area contributed by atoms with E-state index in [2.05, 4.69) is 17.4 Å². The van der Waals surface area contributed by atoms with Gasteiger partial charge in [-0.1, -0.05) is 30.3 Å². The van der Waals surface area contributed by atoms with Gasteiger partial charge in [-0.3, -0.25) is 0 Å². The van der Waals surface area contributed by atoms with Gasteiger partial charge in [0.05, 0.1) is 21.2 Å². The Morgan fingerprint density at radius 2 is 2.00 bits per heavy atom. The van der Waals surface area contributed by atoms with Crippen LogP contribution in [-0.2, 0) is 11.3 Å². The molecule has 0 spiro atoms. The SMILES string of the molecule is CNC(OC)=[N+](C)Cc1ccccc1. The van der Waals surface area contributed by atoms with Gasteiger partial charge in [-0.15, -0.1) is 0 Å². The van der Waals surface area contributed by atoms with Crippen molar-refractivity contribution in [3.63, 3.8) is 0 Å². The van der Waals surface area contributed by atoms with E-state index in [4.69, 9.17) is 4.74 Å². The van der Waals surface area contributed by atoms with Crippen LogP contribution in [0.25, 0.3) is 0 Å². The van der Waals surface area contributed by atoms with Gasteiger partial charge in [0.1, 0.15) is 6.54 Å². The summed E-state index contributed by atoms with van der Waals surface area (Å²) in [4.78, 5) is 0. The summed E-state index contributed by atoms with van der Waals surface area (Å²) in [5.41, 5.74) is 1.26. The third kappa shape index (κ3) is 2.76. The van der Waals surface area contributed by atoms with Crippen molar-refractivity contribution in [3.8, 4) is 0 Å². The van der Waals surface area contributed by atoms with Crippen LogP contribution in [0.2, 0.25) is 0 Å². The first kappa shape index (κ1) is 10.6. The zero-order valence-corrected chi connectivity index (χ0v) is 8.95. The number of amidine groups is 1. The van der Waals surface area contributed by atoms with Crippen LogP contribution in [0.3, 0.4) is 0 Å². The van der Waals surface area contributed by atoms with Crippen LogP contribution >= 0.6 is 0 Å². The summed E-state index contributed by atoms with van der Waals surface area (Å²) >= 11 is 0. The highest BCUT2D eigenvalue weighted by atomic mass is 16.5. The lowest BCUT2D eigenvalue weighted by atomic mass is 10.2. The highest BCUT2D eigenvalue weighted by Gasteiger charge is 2.06. The van der Waals surface area contributed by atoms with Crippen LogP contribution < -0.4 is 5.32 Å². The summed E-state index contributed by atoms with van der Waals surface area (Å²) < 4.78 is 7.19. The molecule has 0 fully saturated rings. The van der Waals surface area contributed by atoms with E-state index in [-0.39, 0.29) is 0 Å². The van der Waals surface area contributed by atoms with Crippen molar-refractivity contribution in [1.29, 1.82) is 0 Å². The Morgan fingerprint density at radius 3 is 2.50 bits per heavy atom. The predicted octanol–water partition coefficient (Wildman–Crippen LogP) is 1.05. The van der Waals surface area contributed by atoms with E-state index in [1.807, 2.05) is 36.9 Å². The molecule has 1 N–H and O–H groups in total. The summed E-state index contributed by atoms with van der Waals surface area (Å²) in [6.45, 7) is 0.838. The van der Waals surface area contributed by atoms with Crippen LogP contribution in [0.4, 0.5) is 0 Å². The Bertz CT molecular complexity index is 300. The highest BCUT2D eigenvalue weighted by Crippen LogP contribution is 1.99. The average molecular weight is 193 g/mol. The first-order valence-corrected chi connectivity index (χ1v) is 4.61. The van der Waals surface area contributed by atoms with Gasteiger partial charge in [-0.25, -0.2) is 9.89 Å². The fourth-order valence-corrected chi connectivity index (χ4v) is 1.38. The van der Waals surface area contributed by atoms with Gasteiger partial charge in [-0.05, 0) is 5.56 Å². The maximum Gasteiger partial charge on any atom is 0.443 e. The van der Waals surface area contributed by atoms with Crippen molar-refractivity contribution >= 4 is 6.02 Å². The van der Waals surface area contributed by atoms with Gasteiger partial charge in [0.25, 0.3) is 0 Å². The molecule has 0 atom stereocenters. The van der Waals surface area contributed by atoms with E-state index in [0.29, 0.717) is 0 Å². The van der Waals surface area contributed by atoms with Crippen LogP contribution in [0.5, 0.6) is 0 Å². The summed E-state index contributed by atoms with van der Waals surface area (Å²) in [6.07, 6.45) is 0. The van der Waals surface area contributed by atoms with E-state index in [0.717, 1.165) is 12.6 Å². The molecule has 0 aliphatic carbocycles. The molecule has 1 aromatic carbocycles. The van der Waals surface area contributed by atoms with E-state index in [9.17, 15) is 0 Å². The summed E-state index contributed by atoms with van der Waals surface area (Å²) in [6, 6.07) is 11.1. The summed E-state index contributed by atoms with van der Waals surface area (Å²) in [5, 5.41) is 2.99. The first-order chi connectivity index (χ1) is 6.77. The lowest BCUT2D eigenvalue weighted by Crippen LogP contribution is -2.30. The van der Waals surface area contributed by atoms with Crippen molar-refractivity contribution < 1.29 is 9.31 Å². The van der Waals surface area contributed by atoms with Crippen LogP contribution in [0.15, 0.2) is 30.3 Å². The normalized spacial score (nSPS) is 11.9. The van der Waals surface area contributed by atoms with Crippen molar-refractivity contribution in [3.05, 3.63) is 35.9 Å². The number of nitrogens with zero attached hydrogens (tertiary/aromatic N) is 1. The maximum atomic E-state index is 5.16. The maximum absolute atomic E-state index is 5.16. The van der Waals surface area contributed by atoms with Crippen molar-refractivity contribution in [1.82, 2.24) is 5.32 Å². The molecule has 76 valence electrons. The standard InChI is InChI=1S/C11H16N2O/c1-12-11(14-3)13(2)9-10-7-5-4-6-8-10/h4-8H,9H2,1-3H3/p+1. The molecule has 0 bridgehead atoms. The monoisotopic (exact) mass is 193 g/mol. The molecule has 3 nitrogen and oxygen atoms in total. The van der Waals surface area contributed by atoms with E-state index in [1.165, 1.54) is 5.56 Å². The molecule has 0 amide bonds. The second-order valence-corrected chi connectivity index (χ2v) is 3.10. The number of methoxy groups -OCH3 is 1. The van der Waals surface area contributed by atoms with Gasteiger partial charge in [0.15, 0.2) is 0 Å². The van der Waals surface area contributed by atoms with Crippen LogP contribution in [-0.4, -0.2) is 31.8 Å². The van der Waals surface area contributed by atoms with Crippen molar-refractivity contribution in [2.24, 2.45) is 0 Å². The van der Waals surface area contributed by atoms with Crippen molar-refractivity contribution in [2.45, 2.75) is 6.54 Å². The second-order valence-electron chi connectivity index (χ2n) is 3.10. The molecule has 1 rings (SSSR count). The lowest BCUT2D eigenvalue weighted by Gasteiger charge is -2.05. The van der Waals surface area contributed by atoms with Crippen molar-refractivity contribution in [2.75, 3.05) is 21.2 Å². The van der Waals surface area contributed by atoms with Gasteiger partial charge < -0.3 is 4.74 Å². The number of benzene rings is 1. The molecular weight excluding hydrogens is 176 g/mol. The Labute approximate surface area is 85.0 Å². The largest absolute Gasteiger partial charge is 0.443 e. The lowest BCUT2D eigenvalue weighted by molar-refractivity contribution is -0.524. The Morgan fingerprint density at radius 1 is 1.36 bits per heavy atom. The summed E-state index contributed by atoms with van der Waals surface area (Å²) in [5.74, 6) is 0. The molecule has 0 saturated carbocycles. The number of hydrogen-bond acceptors (Lipinski definition) is 1. The second kappa shape index (κ2) is 5.27. The molecule has 14 heavy (non-hydrogen) atoms.